The molecule has 0 amide bonds. The second-order valence-electron chi connectivity index (χ2n) is 4.70. The highest BCUT2D eigenvalue weighted by Gasteiger charge is 2.17. The number of hydrogen-bond donors (Lipinski definition) is 5. The number of phosphoric ester groups is 1. The molecule has 0 aliphatic rings. The topological polar surface area (TPSA) is 185 Å². The Morgan fingerprint density at radius 3 is 2.79 bits per heavy atom. The highest BCUT2D eigenvalue weighted by molar-refractivity contribution is 7.46. The Hall–Kier alpha value is -2.04. The van der Waals surface area contributed by atoms with E-state index in [1.54, 1.807) is 0 Å². The molecule has 1 heterocycles. The van der Waals surface area contributed by atoms with Gasteiger partial charge >= 0.3 is 13.8 Å². The molecule has 0 aromatic carbocycles. The summed E-state index contributed by atoms with van der Waals surface area (Å²) in [5, 5.41) is 22.1. The molecule has 6 N–H and O–H groups in total. The van der Waals surface area contributed by atoms with Gasteiger partial charge in [-0.05, 0) is 6.92 Å². The normalized spacial score (nSPS) is 13.2. The first kappa shape index (κ1) is 20.0. The first-order valence-electron chi connectivity index (χ1n) is 6.63. The van der Waals surface area contributed by atoms with Crippen LogP contribution in [0.25, 0.3) is 0 Å². The molecule has 0 bridgehead atoms. The molecular weight excluding hydrogens is 345 g/mol. The predicted molar refractivity (Wildman–Crippen MR) is 81.2 cm³/mol. The Bertz CT molecular complexity index is 660. The van der Waals surface area contributed by atoms with Crippen molar-refractivity contribution >= 4 is 20.0 Å². The van der Waals surface area contributed by atoms with Gasteiger partial charge < -0.3 is 30.6 Å². The van der Waals surface area contributed by atoms with Crippen molar-refractivity contribution in [2.45, 2.75) is 26.0 Å². The molecule has 0 saturated carbocycles. The fourth-order valence-electron chi connectivity index (χ4n) is 1.51. The highest BCUT2D eigenvalue weighted by atomic mass is 31.2. The maximum atomic E-state index is 10.8. The number of nitrogens with two attached hydrogens (primary N) is 1. The second-order valence-corrected chi connectivity index (χ2v) is 5.94. The van der Waals surface area contributed by atoms with Gasteiger partial charge in [0.15, 0.2) is 0 Å². The van der Waals surface area contributed by atoms with Crippen molar-refractivity contribution in [3.05, 3.63) is 23.0 Å². The fourth-order valence-corrected chi connectivity index (χ4v) is 1.82. The zero-order valence-corrected chi connectivity index (χ0v) is 13.6. The monoisotopic (exact) mass is 363 g/mol. The second kappa shape index (κ2) is 8.71. The molecule has 1 rings (SSSR count). The summed E-state index contributed by atoms with van der Waals surface area (Å²) in [6, 6.07) is -1.08. The third kappa shape index (κ3) is 6.60. The van der Waals surface area contributed by atoms with Crippen molar-refractivity contribution < 1.29 is 38.7 Å². The van der Waals surface area contributed by atoms with Crippen molar-refractivity contribution in [2.75, 3.05) is 6.61 Å². The van der Waals surface area contributed by atoms with E-state index in [1.807, 2.05) is 0 Å². The minimum Gasteiger partial charge on any atom is -0.505 e. The summed E-state index contributed by atoms with van der Waals surface area (Å²) in [6.45, 7) is 0.951. The molecule has 0 aliphatic carbocycles. The number of carbonyl (C=O) groups is 1. The van der Waals surface area contributed by atoms with Gasteiger partial charge in [-0.15, -0.1) is 0 Å². The van der Waals surface area contributed by atoms with Crippen LogP contribution in [0.3, 0.4) is 0 Å². The van der Waals surface area contributed by atoms with Crippen LogP contribution in [-0.2, 0) is 25.3 Å². The lowest BCUT2D eigenvalue weighted by Crippen LogP contribution is -2.31. The SMILES string of the molecule is Cc1ncc(COP(=O)(O)O)c(/C=N/OCC[C@H](N)C(=O)O)c1O. The average molecular weight is 363 g/mol. The van der Waals surface area contributed by atoms with Crippen LogP contribution in [0, 0.1) is 6.92 Å². The standard InChI is InChI=1S/C12H18N3O8P/c1-7-11(16)9(5-15-22-3-2-10(13)12(17)18)8(4-14-7)6-23-24(19,20)21/h4-5,10,16H,2-3,6,13H2,1H3,(H,17,18)(H2,19,20,21)/b15-5+/t10-/m0/s1. The average Bonchev–Trinajstić information content (AvgIpc) is 2.48. The van der Waals surface area contributed by atoms with E-state index in [0.717, 1.165) is 6.21 Å². The molecule has 11 nitrogen and oxygen atoms in total. The maximum Gasteiger partial charge on any atom is 0.469 e. The van der Waals surface area contributed by atoms with Gasteiger partial charge in [-0.25, -0.2) is 4.57 Å². The van der Waals surface area contributed by atoms with Gasteiger partial charge in [-0.1, -0.05) is 5.16 Å². The van der Waals surface area contributed by atoms with Crippen molar-refractivity contribution in [1.82, 2.24) is 4.98 Å². The Labute approximate surface area is 137 Å². The van der Waals surface area contributed by atoms with Crippen LogP contribution in [0.5, 0.6) is 5.75 Å². The number of oxime groups is 1. The Balaban J connectivity index is 2.77. The van der Waals surface area contributed by atoms with E-state index in [9.17, 15) is 14.5 Å². The van der Waals surface area contributed by atoms with E-state index in [1.165, 1.54) is 13.1 Å². The maximum absolute atomic E-state index is 10.8. The number of carboxylic acids is 1. The minimum atomic E-state index is -4.69. The number of nitrogens with zero attached hydrogens (tertiary/aromatic N) is 2. The zero-order valence-electron chi connectivity index (χ0n) is 12.7. The number of aliphatic carboxylic acids is 1. The third-order valence-corrected chi connectivity index (χ3v) is 3.31. The molecule has 12 heteroatoms. The summed E-state index contributed by atoms with van der Waals surface area (Å²) in [5.74, 6) is -1.42. The van der Waals surface area contributed by atoms with E-state index in [2.05, 4.69) is 14.7 Å². The van der Waals surface area contributed by atoms with Crippen molar-refractivity contribution in [1.29, 1.82) is 0 Å². The van der Waals surface area contributed by atoms with Gasteiger partial charge in [0.25, 0.3) is 0 Å². The fraction of sp³-hybridized carbons (Fsp3) is 0.417. The molecule has 1 aromatic heterocycles. The van der Waals surface area contributed by atoms with Gasteiger partial charge in [0.2, 0.25) is 0 Å². The van der Waals surface area contributed by atoms with Crippen LogP contribution in [0.15, 0.2) is 11.4 Å². The van der Waals surface area contributed by atoms with Crippen LogP contribution in [0.1, 0.15) is 23.2 Å². The predicted octanol–water partition coefficient (Wildman–Crippen LogP) is -0.143. The van der Waals surface area contributed by atoms with Crippen LogP contribution in [0.2, 0.25) is 0 Å². The summed E-state index contributed by atoms with van der Waals surface area (Å²) >= 11 is 0. The molecule has 0 saturated heterocycles. The number of aryl methyl sites for hydroxylation is 1. The Morgan fingerprint density at radius 2 is 2.21 bits per heavy atom. The molecule has 0 aliphatic heterocycles. The number of rotatable bonds is 9. The largest absolute Gasteiger partial charge is 0.505 e. The number of phosphoric acid groups is 1. The van der Waals surface area contributed by atoms with E-state index >= 15 is 0 Å². The molecule has 24 heavy (non-hydrogen) atoms. The quantitative estimate of drug-likeness (QED) is 0.171. The van der Waals surface area contributed by atoms with Gasteiger partial charge in [0.05, 0.1) is 18.5 Å². The van der Waals surface area contributed by atoms with Gasteiger partial charge in [-0.3, -0.25) is 14.3 Å². The van der Waals surface area contributed by atoms with E-state index in [0.29, 0.717) is 0 Å². The zero-order chi connectivity index (χ0) is 18.3. The lowest BCUT2D eigenvalue weighted by molar-refractivity contribution is -0.139. The third-order valence-electron chi connectivity index (χ3n) is 2.84. The Morgan fingerprint density at radius 1 is 1.54 bits per heavy atom. The number of pyridine rings is 1. The van der Waals surface area contributed by atoms with E-state index in [4.69, 9.17) is 25.5 Å². The number of aromatic hydroxyl groups is 1. The molecule has 1 aromatic rings. The van der Waals surface area contributed by atoms with Crippen molar-refractivity contribution in [3.63, 3.8) is 0 Å². The lowest BCUT2D eigenvalue weighted by atomic mass is 10.1. The molecule has 0 fully saturated rings. The molecule has 0 unspecified atom stereocenters. The van der Waals surface area contributed by atoms with E-state index in [-0.39, 0.29) is 35.6 Å². The molecule has 0 radical (unpaired) electrons. The summed E-state index contributed by atoms with van der Waals surface area (Å²) < 4.78 is 15.1. The smallest absolute Gasteiger partial charge is 0.469 e. The van der Waals surface area contributed by atoms with Crippen LogP contribution in [-0.4, -0.2) is 49.8 Å². The lowest BCUT2D eigenvalue weighted by Gasteiger charge is -2.10. The molecule has 0 spiro atoms. The first-order chi connectivity index (χ1) is 11.1. The van der Waals surface area contributed by atoms with Crippen molar-refractivity contribution in [3.8, 4) is 5.75 Å². The minimum absolute atomic E-state index is 0.0300. The number of hydrogen-bond acceptors (Lipinski definition) is 8. The van der Waals surface area contributed by atoms with E-state index < -0.39 is 26.4 Å². The summed E-state index contributed by atoms with van der Waals surface area (Å²) in [6.07, 6.45) is 2.41. The van der Waals surface area contributed by atoms with Crippen LogP contribution >= 0.6 is 7.82 Å². The summed E-state index contributed by atoms with van der Waals surface area (Å²) in [7, 11) is -4.69. The van der Waals surface area contributed by atoms with Crippen molar-refractivity contribution in [2.24, 2.45) is 10.9 Å². The van der Waals surface area contributed by atoms with Crippen LogP contribution < -0.4 is 5.73 Å². The van der Waals surface area contributed by atoms with Gasteiger partial charge in [0.1, 0.15) is 18.4 Å². The Kier molecular flexibility index (Phi) is 7.26. The van der Waals surface area contributed by atoms with Crippen LogP contribution in [0.4, 0.5) is 0 Å². The summed E-state index contributed by atoms with van der Waals surface area (Å²) in [5.41, 5.74) is 5.84. The highest BCUT2D eigenvalue weighted by Crippen LogP contribution is 2.37. The number of aromatic nitrogens is 1. The molecular formula is C12H18N3O8P. The molecule has 1 atom stereocenters. The number of carboxylic acid groups (broad SMARTS) is 1. The summed E-state index contributed by atoms with van der Waals surface area (Å²) in [4.78, 5) is 36.7. The first-order valence-corrected chi connectivity index (χ1v) is 8.16. The van der Waals surface area contributed by atoms with Gasteiger partial charge in [0, 0.05) is 23.7 Å². The molecule has 134 valence electrons. The van der Waals surface area contributed by atoms with Gasteiger partial charge in [-0.2, -0.15) is 0 Å².